The first-order chi connectivity index (χ1) is 18.2. The number of methoxy groups -OCH3 is 3. The normalized spacial score (nSPS) is 21.6. The third-order valence-corrected chi connectivity index (χ3v) is 5.67. The van der Waals surface area contributed by atoms with Crippen LogP contribution in [-0.2, 0) is 23.7 Å². The highest BCUT2D eigenvalue weighted by molar-refractivity contribution is 5.85. The minimum Gasteiger partial charge on any atom is -0.416 e. The predicted molar refractivity (Wildman–Crippen MR) is 126 cm³/mol. The van der Waals surface area contributed by atoms with Gasteiger partial charge in [-0.15, -0.1) is 18.3 Å². The number of benzene rings is 2. The second kappa shape index (κ2) is 11.8. The summed E-state index contributed by atoms with van der Waals surface area (Å²) in [7, 11) is 4.49. The molecule has 1 aliphatic rings. The molecule has 1 aliphatic heterocycles. The molecule has 14 heteroatoms. The Balaban J connectivity index is 1.36. The maximum Gasteiger partial charge on any atom is 0.573 e. The van der Waals surface area contributed by atoms with Crippen molar-refractivity contribution in [1.29, 1.82) is 0 Å². The quantitative estimate of drug-likeness (QED) is 0.458. The number of ether oxygens (including phenoxy) is 6. The van der Waals surface area contributed by atoms with Crippen molar-refractivity contribution in [1.82, 2.24) is 14.8 Å². The molecule has 38 heavy (non-hydrogen) atoms. The molecular weight excluding hydrogens is 513 g/mol. The van der Waals surface area contributed by atoms with E-state index in [9.17, 15) is 18.0 Å². The summed E-state index contributed by atoms with van der Waals surface area (Å²) < 4.78 is 69.5. The van der Waals surface area contributed by atoms with Crippen molar-refractivity contribution >= 4 is 11.8 Å². The number of amides is 1. The maximum atomic E-state index is 12.5. The Morgan fingerprint density at radius 1 is 1.00 bits per heavy atom. The number of hydrogen-bond acceptors (Lipinski definition) is 9. The molecule has 0 radical (unpaired) electrons. The minimum absolute atomic E-state index is 0.159. The van der Waals surface area contributed by atoms with E-state index >= 15 is 0 Å². The lowest BCUT2D eigenvalue weighted by Gasteiger charge is -2.39. The highest BCUT2D eigenvalue weighted by Gasteiger charge is 2.43. The third-order valence-electron chi connectivity index (χ3n) is 5.67. The Labute approximate surface area is 215 Å². The van der Waals surface area contributed by atoms with Crippen LogP contribution in [0, 0.1) is 0 Å². The molecule has 204 valence electrons. The van der Waals surface area contributed by atoms with Gasteiger partial charge < -0.3 is 28.4 Å². The lowest BCUT2D eigenvalue weighted by Crippen LogP contribution is -2.56. The van der Waals surface area contributed by atoms with Gasteiger partial charge in [0.1, 0.15) is 30.4 Å². The van der Waals surface area contributed by atoms with Crippen LogP contribution in [0.15, 0.2) is 54.9 Å². The van der Waals surface area contributed by atoms with Crippen LogP contribution >= 0.6 is 0 Å². The van der Waals surface area contributed by atoms with Crippen molar-refractivity contribution in [2.45, 2.75) is 31.0 Å². The summed E-state index contributed by atoms with van der Waals surface area (Å²) in [6, 6.07) is 11.9. The van der Waals surface area contributed by atoms with E-state index in [0.29, 0.717) is 22.8 Å². The summed E-state index contributed by atoms with van der Waals surface area (Å²) in [6.45, 7) is 0.159. The van der Waals surface area contributed by atoms with Crippen LogP contribution in [0.1, 0.15) is 0 Å². The molecule has 11 nitrogen and oxygen atoms in total. The molecule has 1 amide bonds. The first kappa shape index (κ1) is 27.3. The largest absolute Gasteiger partial charge is 0.573 e. The van der Waals surface area contributed by atoms with E-state index in [1.54, 1.807) is 24.3 Å². The molecule has 0 saturated carbocycles. The minimum atomic E-state index is -4.77. The lowest BCUT2D eigenvalue weighted by molar-refractivity contribution is -0.274. The smallest absolute Gasteiger partial charge is 0.416 e. The van der Waals surface area contributed by atoms with Gasteiger partial charge in [0, 0.05) is 32.6 Å². The summed E-state index contributed by atoms with van der Waals surface area (Å²) in [5.74, 6) is 0.0280. The summed E-state index contributed by atoms with van der Waals surface area (Å²) in [6.07, 6.45) is -6.66. The van der Waals surface area contributed by atoms with Gasteiger partial charge in [0.25, 0.3) is 0 Å². The topological polar surface area (TPSA) is 115 Å². The van der Waals surface area contributed by atoms with Gasteiger partial charge in [0.2, 0.25) is 6.29 Å². The van der Waals surface area contributed by atoms with Crippen molar-refractivity contribution in [3.63, 3.8) is 0 Å². The lowest BCUT2D eigenvalue weighted by atomic mass is 10.0. The zero-order valence-corrected chi connectivity index (χ0v) is 20.5. The first-order valence-corrected chi connectivity index (χ1v) is 11.3. The van der Waals surface area contributed by atoms with E-state index in [4.69, 9.17) is 23.7 Å². The third kappa shape index (κ3) is 6.58. The molecule has 3 aromatic rings. The molecule has 1 saturated heterocycles. The van der Waals surface area contributed by atoms with Gasteiger partial charge in [-0.25, -0.2) is 14.5 Å². The molecule has 2 aromatic carbocycles. The Hall–Kier alpha value is -3.72. The van der Waals surface area contributed by atoms with E-state index in [1.165, 1.54) is 56.6 Å². The van der Waals surface area contributed by atoms with Crippen molar-refractivity contribution < 1.29 is 46.4 Å². The molecule has 0 bridgehead atoms. The summed E-state index contributed by atoms with van der Waals surface area (Å²) >= 11 is 0. The number of carbonyl (C=O) groups excluding carboxylic acids is 1. The molecule has 2 heterocycles. The van der Waals surface area contributed by atoms with Crippen LogP contribution in [0.25, 0.3) is 17.1 Å². The van der Waals surface area contributed by atoms with Gasteiger partial charge >= 0.3 is 12.5 Å². The molecule has 4 rings (SSSR count). The zero-order chi connectivity index (χ0) is 27.3. The van der Waals surface area contributed by atoms with Gasteiger partial charge in [-0.1, -0.05) is 0 Å². The fraction of sp³-hybridized carbons (Fsp3) is 0.375. The molecule has 1 fully saturated rings. The second-order valence-electron chi connectivity index (χ2n) is 8.04. The van der Waals surface area contributed by atoms with Gasteiger partial charge in [-0.2, -0.15) is 0 Å². The number of hydrogen-bond donors (Lipinski definition) is 1. The van der Waals surface area contributed by atoms with E-state index in [1.807, 2.05) is 0 Å². The molecule has 0 aliphatic carbocycles. The fourth-order valence-electron chi connectivity index (χ4n) is 3.86. The molecular formula is C24H25F3N4O7. The van der Waals surface area contributed by atoms with Gasteiger partial charge in [0.15, 0.2) is 5.82 Å². The SMILES string of the molecule is CO[C@H]1[C@H](OC(=O)Nc2ccc(-c3ncn(-c4ccc(OC(F)(F)F)cc4)n3)cc2)OC[C@H](OC)[C@H]1OC. The Morgan fingerprint density at radius 2 is 1.68 bits per heavy atom. The number of rotatable bonds is 8. The van der Waals surface area contributed by atoms with Gasteiger partial charge in [0.05, 0.1) is 12.3 Å². The standard InChI is InChI=1S/C24H25F3N4O7/c1-33-18-12-36-22(20(35-3)19(18)34-2)37-23(32)29-15-6-4-14(5-7-15)21-28-13-31(30-21)16-8-10-17(11-9-16)38-24(25,26)27/h4-11,13,18-20,22H,12H2,1-3H3,(H,29,32)/t18-,19+,20+,22-/m0/s1. The number of nitrogens with zero attached hydrogens (tertiary/aromatic N) is 3. The summed E-state index contributed by atoms with van der Waals surface area (Å²) in [5, 5.41) is 6.96. The second-order valence-corrected chi connectivity index (χ2v) is 8.04. The number of alkyl halides is 3. The van der Waals surface area contributed by atoms with Crippen LogP contribution < -0.4 is 10.1 Å². The van der Waals surface area contributed by atoms with Crippen LogP contribution in [-0.4, -0.2) is 79.8 Å². The Bertz CT molecular complexity index is 1200. The fourth-order valence-corrected chi connectivity index (χ4v) is 3.86. The van der Waals surface area contributed by atoms with Gasteiger partial charge in [-0.3, -0.25) is 5.32 Å². The highest BCUT2D eigenvalue weighted by atomic mass is 19.4. The van der Waals surface area contributed by atoms with Crippen LogP contribution in [0.5, 0.6) is 5.75 Å². The Morgan fingerprint density at radius 3 is 2.29 bits per heavy atom. The number of anilines is 1. The number of aromatic nitrogens is 3. The van der Waals surface area contributed by atoms with Crippen molar-refractivity contribution in [2.75, 3.05) is 33.3 Å². The maximum absolute atomic E-state index is 12.5. The van der Waals surface area contributed by atoms with Crippen LogP contribution in [0.3, 0.4) is 0 Å². The highest BCUT2D eigenvalue weighted by Crippen LogP contribution is 2.26. The molecule has 1 aromatic heterocycles. The molecule has 0 unspecified atom stereocenters. The predicted octanol–water partition coefficient (Wildman–Crippen LogP) is 3.78. The summed E-state index contributed by atoms with van der Waals surface area (Å²) in [4.78, 5) is 16.7. The number of halogens is 3. The molecule has 1 N–H and O–H groups in total. The van der Waals surface area contributed by atoms with E-state index in [2.05, 4.69) is 20.1 Å². The first-order valence-electron chi connectivity index (χ1n) is 11.3. The number of carbonyl (C=O) groups is 1. The molecule has 0 spiro atoms. The monoisotopic (exact) mass is 538 g/mol. The van der Waals surface area contributed by atoms with Crippen molar-refractivity contribution in [3.05, 3.63) is 54.9 Å². The average Bonchev–Trinajstić information content (AvgIpc) is 3.38. The van der Waals surface area contributed by atoms with Crippen molar-refractivity contribution in [3.8, 4) is 22.8 Å². The summed E-state index contributed by atoms with van der Waals surface area (Å²) in [5.41, 5.74) is 1.58. The zero-order valence-electron chi connectivity index (χ0n) is 20.5. The van der Waals surface area contributed by atoms with Crippen LogP contribution in [0.2, 0.25) is 0 Å². The number of nitrogens with one attached hydrogen (secondary N) is 1. The Kier molecular flexibility index (Phi) is 8.46. The van der Waals surface area contributed by atoms with Crippen LogP contribution in [0.4, 0.5) is 23.7 Å². The molecule has 4 atom stereocenters. The van der Waals surface area contributed by atoms with E-state index in [-0.39, 0.29) is 18.5 Å². The van der Waals surface area contributed by atoms with Crippen molar-refractivity contribution in [2.24, 2.45) is 0 Å². The average molecular weight is 538 g/mol. The van der Waals surface area contributed by atoms with E-state index in [0.717, 1.165) is 0 Å². The van der Waals surface area contributed by atoms with E-state index < -0.39 is 31.0 Å². The van der Waals surface area contributed by atoms with Gasteiger partial charge in [-0.05, 0) is 48.5 Å².